The molecule has 0 fully saturated rings. The van der Waals surface area contributed by atoms with Crippen LogP contribution in [0.2, 0.25) is 0 Å². The Morgan fingerprint density at radius 2 is 1.76 bits per heavy atom. The molecule has 0 bridgehead atoms. The van der Waals surface area contributed by atoms with Gasteiger partial charge in [0, 0.05) is 17.0 Å². The van der Waals surface area contributed by atoms with Crippen molar-refractivity contribution in [3.8, 4) is 17.7 Å². The van der Waals surface area contributed by atoms with Gasteiger partial charge in [0.15, 0.2) is 5.78 Å². The average Bonchev–Trinajstić information content (AvgIpc) is 2.80. The van der Waals surface area contributed by atoms with E-state index in [-0.39, 0.29) is 11.7 Å². The van der Waals surface area contributed by atoms with E-state index in [1.807, 2.05) is 13.8 Å². The third-order valence-corrected chi connectivity index (χ3v) is 3.38. The van der Waals surface area contributed by atoms with Crippen LogP contribution in [0.5, 0.6) is 11.8 Å². The summed E-state index contributed by atoms with van der Waals surface area (Å²) in [6, 6.07) is 3.36. The van der Waals surface area contributed by atoms with Gasteiger partial charge in [-0.15, -0.1) is 11.6 Å². The van der Waals surface area contributed by atoms with E-state index in [9.17, 15) is 4.79 Å². The monoisotopic (exact) mass is 309 g/mol. The minimum absolute atomic E-state index is 0.0629. The van der Waals surface area contributed by atoms with Crippen LogP contribution >= 0.6 is 11.6 Å². The van der Waals surface area contributed by atoms with E-state index in [0.29, 0.717) is 23.3 Å². The van der Waals surface area contributed by atoms with E-state index >= 15 is 0 Å². The molecule has 0 aliphatic heterocycles. The fourth-order valence-electron chi connectivity index (χ4n) is 2.13. The Labute approximate surface area is 127 Å². The number of hydrogen-bond acceptors (Lipinski definition) is 5. The highest BCUT2D eigenvalue weighted by atomic mass is 35.5. The molecule has 2 heterocycles. The summed E-state index contributed by atoms with van der Waals surface area (Å²) < 4.78 is 12.1. The van der Waals surface area contributed by atoms with Gasteiger partial charge in [-0.25, -0.2) is 0 Å². The maximum absolute atomic E-state index is 11.8. The van der Waals surface area contributed by atoms with Crippen LogP contribution in [0.25, 0.3) is 5.95 Å². The zero-order valence-electron chi connectivity index (χ0n) is 12.3. The van der Waals surface area contributed by atoms with Crippen LogP contribution in [0.15, 0.2) is 12.1 Å². The number of halogens is 1. The van der Waals surface area contributed by atoms with Gasteiger partial charge in [-0.1, -0.05) is 0 Å². The van der Waals surface area contributed by atoms with Gasteiger partial charge in [0.2, 0.25) is 17.7 Å². The van der Waals surface area contributed by atoms with Crippen molar-refractivity contribution < 1.29 is 14.3 Å². The first-order chi connectivity index (χ1) is 10.0. The smallest absolute Gasteiger partial charge is 0.240 e. The molecule has 6 nitrogen and oxygen atoms in total. The Morgan fingerprint density at radius 1 is 1.19 bits per heavy atom. The van der Waals surface area contributed by atoms with Crippen molar-refractivity contribution in [3.05, 3.63) is 29.1 Å². The summed E-state index contributed by atoms with van der Waals surface area (Å²) >= 11 is 5.63. The molecule has 0 saturated carbocycles. The molecule has 0 aliphatic rings. The lowest BCUT2D eigenvalue weighted by atomic mass is 10.2. The third kappa shape index (κ3) is 2.85. The predicted molar refractivity (Wildman–Crippen MR) is 79.0 cm³/mol. The number of Topliss-reactive ketones (excluding diaryl/α,β-unsaturated/α-hetero) is 1. The van der Waals surface area contributed by atoms with Crippen molar-refractivity contribution in [2.24, 2.45) is 0 Å². The molecule has 0 aromatic carbocycles. The normalized spacial score (nSPS) is 10.5. The minimum atomic E-state index is -0.133. The Hall–Kier alpha value is -2.08. The van der Waals surface area contributed by atoms with E-state index < -0.39 is 0 Å². The van der Waals surface area contributed by atoms with Gasteiger partial charge >= 0.3 is 0 Å². The van der Waals surface area contributed by atoms with Crippen molar-refractivity contribution in [1.29, 1.82) is 0 Å². The summed E-state index contributed by atoms with van der Waals surface area (Å²) in [6.07, 6.45) is 0. The molecular formula is C14H16ClN3O3. The SMILES string of the molecule is COc1cc(OC)nc(-n2c(C)cc(C(=O)CCl)c2C)n1. The van der Waals surface area contributed by atoms with Crippen molar-refractivity contribution in [2.45, 2.75) is 13.8 Å². The van der Waals surface area contributed by atoms with Crippen LogP contribution in [-0.2, 0) is 0 Å². The fraction of sp³-hybridized carbons (Fsp3) is 0.357. The summed E-state index contributed by atoms with van der Waals surface area (Å²) in [6.45, 7) is 3.69. The molecular weight excluding hydrogens is 294 g/mol. The molecule has 0 unspecified atom stereocenters. The highest BCUT2D eigenvalue weighted by Crippen LogP contribution is 2.23. The van der Waals surface area contributed by atoms with Gasteiger partial charge in [-0.05, 0) is 19.9 Å². The first-order valence-electron chi connectivity index (χ1n) is 6.27. The molecule has 0 N–H and O–H groups in total. The number of aromatic nitrogens is 3. The fourth-order valence-corrected chi connectivity index (χ4v) is 2.27. The van der Waals surface area contributed by atoms with Crippen LogP contribution in [0.1, 0.15) is 21.7 Å². The van der Waals surface area contributed by atoms with Crippen molar-refractivity contribution >= 4 is 17.4 Å². The van der Waals surface area contributed by atoms with Crippen molar-refractivity contribution in [2.75, 3.05) is 20.1 Å². The Kier molecular flexibility index (Phi) is 4.47. The van der Waals surface area contributed by atoms with Crippen LogP contribution in [0.4, 0.5) is 0 Å². The first-order valence-corrected chi connectivity index (χ1v) is 6.80. The van der Waals surface area contributed by atoms with E-state index in [0.717, 1.165) is 11.4 Å². The molecule has 0 radical (unpaired) electrons. The van der Waals surface area contributed by atoms with Crippen LogP contribution in [-0.4, -0.2) is 40.4 Å². The second kappa shape index (κ2) is 6.13. The van der Waals surface area contributed by atoms with E-state index in [1.165, 1.54) is 14.2 Å². The zero-order chi connectivity index (χ0) is 15.6. The number of rotatable bonds is 5. The first kappa shape index (κ1) is 15.3. The standard InChI is InChI=1S/C14H16ClN3O3/c1-8-5-10(11(19)7-15)9(2)18(8)14-16-12(20-3)6-13(17-14)21-4/h5-6H,7H2,1-4H3. The number of carbonyl (C=O) groups excluding carboxylic acids is 1. The number of ether oxygens (including phenoxy) is 2. The number of nitrogens with zero attached hydrogens (tertiary/aromatic N) is 3. The second-order valence-electron chi connectivity index (χ2n) is 4.43. The van der Waals surface area contributed by atoms with Gasteiger partial charge in [0.05, 0.1) is 26.2 Å². The summed E-state index contributed by atoms with van der Waals surface area (Å²) in [5.41, 5.74) is 2.12. The van der Waals surface area contributed by atoms with E-state index in [1.54, 1.807) is 16.7 Å². The molecule has 21 heavy (non-hydrogen) atoms. The quantitative estimate of drug-likeness (QED) is 0.626. The average molecular weight is 310 g/mol. The second-order valence-corrected chi connectivity index (χ2v) is 4.70. The largest absolute Gasteiger partial charge is 0.481 e. The predicted octanol–water partition coefficient (Wildman–Crippen LogP) is 2.32. The number of hydrogen-bond donors (Lipinski definition) is 0. The van der Waals surface area contributed by atoms with Crippen LogP contribution in [0.3, 0.4) is 0 Å². The van der Waals surface area contributed by atoms with Gasteiger partial charge in [-0.2, -0.15) is 9.97 Å². The van der Waals surface area contributed by atoms with Crippen molar-refractivity contribution in [3.63, 3.8) is 0 Å². The molecule has 7 heteroatoms. The molecule has 2 aromatic heterocycles. The molecule has 2 rings (SSSR count). The minimum Gasteiger partial charge on any atom is -0.481 e. The molecule has 2 aromatic rings. The Balaban J connectivity index is 2.61. The van der Waals surface area contributed by atoms with Gasteiger partial charge in [-0.3, -0.25) is 9.36 Å². The van der Waals surface area contributed by atoms with E-state index in [4.69, 9.17) is 21.1 Å². The van der Waals surface area contributed by atoms with Gasteiger partial charge in [0.25, 0.3) is 0 Å². The lowest BCUT2D eigenvalue weighted by Crippen LogP contribution is -2.08. The molecule has 0 saturated heterocycles. The lowest BCUT2D eigenvalue weighted by Gasteiger charge is -2.10. The number of ketones is 1. The highest BCUT2D eigenvalue weighted by molar-refractivity contribution is 6.30. The topological polar surface area (TPSA) is 66.2 Å². The van der Waals surface area contributed by atoms with E-state index in [2.05, 4.69) is 9.97 Å². The van der Waals surface area contributed by atoms with Crippen LogP contribution in [0, 0.1) is 13.8 Å². The number of alkyl halides is 1. The summed E-state index contributed by atoms with van der Waals surface area (Å²) in [7, 11) is 3.03. The Bertz CT molecular complexity index is 660. The zero-order valence-corrected chi connectivity index (χ0v) is 13.1. The third-order valence-electron chi connectivity index (χ3n) is 3.14. The van der Waals surface area contributed by atoms with Gasteiger partial charge in [0.1, 0.15) is 0 Å². The lowest BCUT2D eigenvalue weighted by molar-refractivity contribution is 0.102. The molecule has 0 amide bonds. The summed E-state index contributed by atoms with van der Waals surface area (Å²) in [4.78, 5) is 20.4. The molecule has 0 spiro atoms. The molecule has 0 atom stereocenters. The maximum Gasteiger partial charge on any atom is 0.240 e. The molecule has 0 aliphatic carbocycles. The summed E-state index contributed by atoms with van der Waals surface area (Å²) in [5.74, 6) is 0.955. The Morgan fingerprint density at radius 3 is 2.24 bits per heavy atom. The van der Waals surface area contributed by atoms with Gasteiger partial charge < -0.3 is 9.47 Å². The number of methoxy groups -OCH3 is 2. The summed E-state index contributed by atoms with van der Waals surface area (Å²) in [5, 5.41) is 0. The molecule has 112 valence electrons. The highest BCUT2D eigenvalue weighted by Gasteiger charge is 2.18. The number of aryl methyl sites for hydroxylation is 1. The number of carbonyl (C=O) groups is 1. The van der Waals surface area contributed by atoms with Crippen molar-refractivity contribution in [1.82, 2.24) is 14.5 Å². The maximum atomic E-state index is 11.8. The van der Waals surface area contributed by atoms with Crippen LogP contribution < -0.4 is 9.47 Å².